The lowest BCUT2D eigenvalue weighted by atomic mass is 10.1. The van der Waals surface area contributed by atoms with E-state index in [1.807, 2.05) is 31.2 Å². The first-order valence-corrected chi connectivity index (χ1v) is 8.76. The van der Waals surface area contributed by atoms with Crippen LogP contribution in [0.1, 0.15) is 45.0 Å². The maximum absolute atomic E-state index is 11.9. The maximum Gasteiger partial charge on any atom is 0.245 e. The number of benzene rings is 1. The molecule has 0 aliphatic rings. The summed E-state index contributed by atoms with van der Waals surface area (Å²) in [6, 6.07) is 7.71. The van der Waals surface area contributed by atoms with Crippen molar-refractivity contribution < 1.29 is 14.3 Å². The molecule has 0 fully saturated rings. The third-order valence-corrected chi connectivity index (χ3v) is 4.32. The Morgan fingerprint density at radius 1 is 1.24 bits per heavy atom. The molecule has 1 unspecified atom stereocenters. The number of nitrogens with one attached hydrogen (secondary N) is 1. The van der Waals surface area contributed by atoms with Gasteiger partial charge in [-0.05, 0) is 38.8 Å². The van der Waals surface area contributed by atoms with Gasteiger partial charge >= 0.3 is 0 Å². The Kier molecular flexibility index (Phi) is 7.13. The number of hydrogen-bond donors (Lipinski definition) is 1. The summed E-state index contributed by atoms with van der Waals surface area (Å²) in [6.07, 6.45) is 3.69. The van der Waals surface area contributed by atoms with Crippen molar-refractivity contribution in [1.29, 1.82) is 0 Å². The van der Waals surface area contributed by atoms with Crippen LogP contribution in [0.25, 0.3) is 11.0 Å². The largest absolute Gasteiger partial charge is 0.375 e. The van der Waals surface area contributed by atoms with Crippen LogP contribution in [0.3, 0.4) is 0 Å². The molecule has 136 valence electrons. The number of para-hydroxylation sites is 2. The molecule has 0 aliphatic heterocycles. The number of carbonyl (C=O) groups excluding carboxylic acids is 2. The monoisotopic (exact) mass is 345 g/mol. The van der Waals surface area contributed by atoms with E-state index in [1.165, 1.54) is 7.11 Å². The van der Waals surface area contributed by atoms with Crippen LogP contribution in [0.2, 0.25) is 0 Å². The number of carbonyl (C=O) groups is 2. The van der Waals surface area contributed by atoms with Gasteiger partial charge in [-0.2, -0.15) is 0 Å². The standard InChI is InChI=1S/C19H27N3O3/c1-14(15(2)23)22-17-10-7-6-9-16(17)21-18(22)11-5-4-8-12-20-19(24)13-25-3/h6-7,9-10,14H,4-5,8,11-13H2,1-3H3,(H,20,24). The minimum Gasteiger partial charge on any atom is -0.375 e. The van der Waals surface area contributed by atoms with E-state index in [0.717, 1.165) is 42.5 Å². The van der Waals surface area contributed by atoms with Crippen molar-refractivity contribution in [2.45, 2.75) is 45.6 Å². The van der Waals surface area contributed by atoms with Crippen molar-refractivity contribution in [1.82, 2.24) is 14.9 Å². The predicted molar refractivity (Wildman–Crippen MR) is 97.6 cm³/mol. The number of methoxy groups -OCH3 is 1. The molecule has 2 rings (SSSR count). The number of rotatable bonds is 10. The van der Waals surface area contributed by atoms with E-state index in [2.05, 4.69) is 9.88 Å². The molecule has 6 nitrogen and oxygen atoms in total. The molecule has 2 aromatic rings. The van der Waals surface area contributed by atoms with Crippen LogP contribution >= 0.6 is 0 Å². The maximum atomic E-state index is 11.9. The Morgan fingerprint density at radius 3 is 2.72 bits per heavy atom. The number of imidazole rings is 1. The van der Waals surface area contributed by atoms with E-state index in [1.54, 1.807) is 6.92 Å². The van der Waals surface area contributed by atoms with Crippen LogP contribution in [0.15, 0.2) is 24.3 Å². The van der Waals surface area contributed by atoms with Crippen molar-refractivity contribution in [3.05, 3.63) is 30.1 Å². The summed E-state index contributed by atoms with van der Waals surface area (Å²) in [5.41, 5.74) is 1.93. The number of nitrogens with zero attached hydrogens (tertiary/aromatic N) is 2. The molecule has 0 saturated heterocycles. The van der Waals surface area contributed by atoms with Crippen LogP contribution < -0.4 is 5.32 Å². The first-order valence-electron chi connectivity index (χ1n) is 8.76. The average Bonchev–Trinajstić information content (AvgIpc) is 2.95. The zero-order valence-electron chi connectivity index (χ0n) is 15.2. The highest BCUT2D eigenvalue weighted by molar-refractivity contribution is 5.83. The van der Waals surface area contributed by atoms with Gasteiger partial charge in [-0.3, -0.25) is 9.59 Å². The number of hydrogen-bond acceptors (Lipinski definition) is 4. The SMILES string of the molecule is COCC(=O)NCCCCCc1nc2ccccc2n1C(C)C(C)=O. The molecule has 0 spiro atoms. The number of fused-ring (bicyclic) bond motifs is 1. The summed E-state index contributed by atoms with van der Waals surface area (Å²) in [4.78, 5) is 27.9. The molecule has 0 radical (unpaired) electrons. The molecule has 0 bridgehead atoms. The van der Waals surface area contributed by atoms with Crippen LogP contribution in [-0.2, 0) is 20.7 Å². The van der Waals surface area contributed by atoms with Crippen LogP contribution in [0, 0.1) is 0 Å². The second-order valence-corrected chi connectivity index (χ2v) is 6.27. The fourth-order valence-corrected chi connectivity index (χ4v) is 2.88. The van der Waals surface area contributed by atoms with Crippen molar-refractivity contribution in [3.8, 4) is 0 Å². The lowest BCUT2D eigenvalue weighted by Crippen LogP contribution is -2.27. The quantitative estimate of drug-likeness (QED) is 0.672. The van der Waals surface area contributed by atoms with Crippen molar-refractivity contribution in [3.63, 3.8) is 0 Å². The van der Waals surface area contributed by atoms with Gasteiger partial charge in [0.05, 0.1) is 17.1 Å². The molecule has 0 aliphatic carbocycles. The molecular weight excluding hydrogens is 318 g/mol. The van der Waals surface area contributed by atoms with Crippen molar-refractivity contribution in [2.75, 3.05) is 20.3 Å². The summed E-state index contributed by atoms with van der Waals surface area (Å²) >= 11 is 0. The van der Waals surface area contributed by atoms with Crippen molar-refractivity contribution >= 4 is 22.7 Å². The molecule has 1 aromatic heterocycles. The van der Waals surface area contributed by atoms with Gasteiger partial charge < -0.3 is 14.6 Å². The Hall–Kier alpha value is -2.21. The van der Waals surface area contributed by atoms with Gasteiger partial charge in [0, 0.05) is 20.1 Å². The van der Waals surface area contributed by atoms with E-state index < -0.39 is 0 Å². The number of unbranched alkanes of at least 4 members (excludes halogenated alkanes) is 2. The minimum atomic E-state index is -0.212. The first-order chi connectivity index (χ1) is 12.0. The second-order valence-electron chi connectivity index (χ2n) is 6.27. The van der Waals surface area contributed by atoms with E-state index in [9.17, 15) is 9.59 Å². The summed E-state index contributed by atoms with van der Waals surface area (Å²) < 4.78 is 6.83. The van der Waals surface area contributed by atoms with Gasteiger partial charge in [-0.15, -0.1) is 0 Å². The minimum absolute atomic E-state index is 0.0837. The highest BCUT2D eigenvalue weighted by Crippen LogP contribution is 2.23. The predicted octanol–water partition coefficient (Wildman–Crippen LogP) is 2.66. The topological polar surface area (TPSA) is 73.2 Å². The zero-order valence-corrected chi connectivity index (χ0v) is 15.2. The number of ketones is 1. The lowest BCUT2D eigenvalue weighted by Gasteiger charge is -2.15. The Balaban J connectivity index is 1.93. The van der Waals surface area contributed by atoms with Gasteiger partial charge in [-0.1, -0.05) is 18.6 Å². The lowest BCUT2D eigenvalue weighted by molar-refractivity contribution is -0.124. The number of aromatic nitrogens is 2. The van der Waals surface area contributed by atoms with Crippen LogP contribution in [0.5, 0.6) is 0 Å². The molecule has 1 heterocycles. The number of Topliss-reactive ketones (excluding diaryl/α,β-unsaturated/α-hetero) is 1. The van der Waals surface area contributed by atoms with E-state index in [-0.39, 0.29) is 24.3 Å². The van der Waals surface area contributed by atoms with Crippen molar-refractivity contribution in [2.24, 2.45) is 0 Å². The molecule has 25 heavy (non-hydrogen) atoms. The van der Waals surface area contributed by atoms with Gasteiger partial charge in [0.2, 0.25) is 5.91 Å². The molecule has 1 N–H and O–H groups in total. The Bertz CT molecular complexity index is 724. The van der Waals surface area contributed by atoms with Gasteiger partial charge in [0.1, 0.15) is 12.4 Å². The fraction of sp³-hybridized carbons (Fsp3) is 0.526. The zero-order chi connectivity index (χ0) is 18.2. The second kappa shape index (κ2) is 9.32. The Labute approximate surface area is 148 Å². The molecule has 1 amide bonds. The first kappa shape index (κ1) is 19.1. The molecule has 1 atom stereocenters. The average molecular weight is 345 g/mol. The fourth-order valence-electron chi connectivity index (χ4n) is 2.88. The molecule has 6 heteroatoms. The van der Waals surface area contributed by atoms with E-state index in [0.29, 0.717) is 6.54 Å². The summed E-state index contributed by atoms with van der Waals surface area (Å²) in [5.74, 6) is 0.997. The summed E-state index contributed by atoms with van der Waals surface area (Å²) in [5, 5.41) is 2.82. The van der Waals surface area contributed by atoms with Crippen LogP contribution in [0.4, 0.5) is 0 Å². The number of amides is 1. The Morgan fingerprint density at radius 2 is 2.00 bits per heavy atom. The normalized spacial score (nSPS) is 12.3. The third kappa shape index (κ3) is 5.13. The van der Waals surface area contributed by atoms with E-state index >= 15 is 0 Å². The van der Waals surface area contributed by atoms with Gasteiger partial charge in [0.15, 0.2) is 5.78 Å². The molecular formula is C19H27N3O3. The third-order valence-electron chi connectivity index (χ3n) is 4.32. The highest BCUT2D eigenvalue weighted by Gasteiger charge is 2.18. The summed E-state index contributed by atoms with van der Waals surface area (Å²) in [7, 11) is 1.51. The van der Waals surface area contributed by atoms with Gasteiger partial charge in [-0.25, -0.2) is 4.98 Å². The number of aryl methyl sites for hydroxylation is 1. The van der Waals surface area contributed by atoms with Crippen LogP contribution in [-0.4, -0.2) is 41.5 Å². The molecule has 1 aromatic carbocycles. The smallest absolute Gasteiger partial charge is 0.245 e. The van der Waals surface area contributed by atoms with Gasteiger partial charge in [0.25, 0.3) is 0 Å². The van der Waals surface area contributed by atoms with E-state index in [4.69, 9.17) is 9.72 Å². The number of ether oxygens (including phenoxy) is 1. The molecule has 0 saturated carbocycles. The summed E-state index contributed by atoms with van der Waals surface area (Å²) in [6.45, 7) is 4.30. The highest BCUT2D eigenvalue weighted by atomic mass is 16.5.